The first-order valence-electron chi connectivity index (χ1n) is 8.06. The normalized spacial score (nSPS) is 26.1. The molecule has 2 saturated heterocycles. The number of piperidine rings is 1. The second-order valence-electron chi connectivity index (χ2n) is 6.39. The van der Waals surface area contributed by atoms with E-state index in [0.717, 1.165) is 50.1 Å². The number of pyridine rings is 1. The summed E-state index contributed by atoms with van der Waals surface area (Å²) in [7, 11) is -2.83. The zero-order chi connectivity index (χ0) is 15.6. The van der Waals surface area contributed by atoms with Gasteiger partial charge in [-0.2, -0.15) is 0 Å². The molecule has 0 N–H and O–H groups in total. The van der Waals surface area contributed by atoms with Crippen molar-refractivity contribution in [1.82, 2.24) is 9.88 Å². The fourth-order valence-corrected chi connectivity index (χ4v) is 5.20. The van der Waals surface area contributed by atoms with Crippen molar-refractivity contribution in [2.24, 2.45) is 0 Å². The molecular weight excluding hydrogens is 300 g/mol. The Morgan fingerprint density at radius 1 is 1.32 bits per heavy atom. The highest BCUT2D eigenvalue weighted by atomic mass is 32.2. The highest BCUT2D eigenvalue weighted by molar-refractivity contribution is 7.92. The van der Waals surface area contributed by atoms with Crippen LogP contribution in [0.15, 0.2) is 18.5 Å². The van der Waals surface area contributed by atoms with Gasteiger partial charge < -0.3 is 9.64 Å². The van der Waals surface area contributed by atoms with Crippen molar-refractivity contribution >= 4 is 9.84 Å². The van der Waals surface area contributed by atoms with Crippen LogP contribution in [0.3, 0.4) is 0 Å². The number of rotatable bonds is 4. The Bertz CT molecular complexity index is 610. The highest BCUT2D eigenvalue weighted by Crippen LogP contribution is 2.24. The molecule has 1 unspecified atom stereocenters. The molecule has 3 heterocycles. The Kier molecular flexibility index (Phi) is 4.68. The van der Waals surface area contributed by atoms with E-state index in [1.54, 1.807) is 6.20 Å². The van der Waals surface area contributed by atoms with E-state index in [4.69, 9.17) is 4.74 Å². The van der Waals surface area contributed by atoms with Gasteiger partial charge in [0.25, 0.3) is 0 Å². The molecule has 1 aromatic rings. The van der Waals surface area contributed by atoms with Crippen LogP contribution in [0.25, 0.3) is 0 Å². The molecule has 22 heavy (non-hydrogen) atoms. The molecule has 2 aliphatic rings. The van der Waals surface area contributed by atoms with E-state index in [2.05, 4.69) is 9.88 Å². The molecule has 6 heteroatoms. The Morgan fingerprint density at radius 3 is 2.73 bits per heavy atom. The van der Waals surface area contributed by atoms with Gasteiger partial charge in [0, 0.05) is 37.6 Å². The van der Waals surface area contributed by atoms with E-state index in [0.29, 0.717) is 12.3 Å². The molecule has 0 aliphatic carbocycles. The van der Waals surface area contributed by atoms with Crippen molar-refractivity contribution < 1.29 is 13.2 Å². The van der Waals surface area contributed by atoms with E-state index < -0.39 is 9.84 Å². The molecule has 1 aromatic heterocycles. The summed E-state index contributed by atoms with van der Waals surface area (Å²) in [6.45, 7) is 4.54. The number of sulfone groups is 1. The third-order valence-electron chi connectivity index (χ3n) is 4.72. The number of aryl methyl sites for hydroxylation is 1. The van der Waals surface area contributed by atoms with Crippen molar-refractivity contribution in [2.45, 2.75) is 44.0 Å². The zero-order valence-corrected chi connectivity index (χ0v) is 13.9. The quantitative estimate of drug-likeness (QED) is 0.845. The minimum absolute atomic E-state index is 0.146. The molecule has 0 saturated carbocycles. The summed E-state index contributed by atoms with van der Waals surface area (Å²) >= 11 is 0. The highest BCUT2D eigenvalue weighted by Gasteiger charge is 2.33. The minimum Gasteiger partial charge on any atom is -0.490 e. The standard InChI is InChI=1S/C16H24N2O3S/c1-13-11-17-7-4-16(13)21-14-5-8-18(9-6-14)12-15-3-2-10-22(15,19)20/h4,7,11,14-15H,2-3,5-6,8-10,12H2,1H3. The lowest BCUT2D eigenvalue weighted by atomic mass is 10.1. The second-order valence-corrected chi connectivity index (χ2v) is 8.79. The molecule has 0 spiro atoms. The van der Waals surface area contributed by atoms with Crippen molar-refractivity contribution in [3.63, 3.8) is 0 Å². The number of nitrogens with zero attached hydrogens (tertiary/aromatic N) is 2. The summed E-state index contributed by atoms with van der Waals surface area (Å²) in [5.74, 6) is 1.28. The fourth-order valence-electron chi connectivity index (χ4n) is 3.33. The zero-order valence-electron chi connectivity index (χ0n) is 13.1. The summed E-state index contributed by atoms with van der Waals surface area (Å²) in [5.41, 5.74) is 1.06. The Morgan fingerprint density at radius 2 is 2.09 bits per heavy atom. The lowest BCUT2D eigenvalue weighted by Crippen LogP contribution is -2.42. The number of ether oxygens (including phenoxy) is 1. The van der Waals surface area contributed by atoms with Crippen LogP contribution in [0.4, 0.5) is 0 Å². The minimum atomic E-state index is -2.83. The second kappa shape index (κ2) is 6.54. The van der Waals surface area contributed by atoms with Crippen LogP contribution >= 0.6 is 0 Å². The lowest BCUT2D eigenvalue weighted by Gasteiger charge is -2.33. The maximum absolute atomic E-state index is 11.9. The third-order valence-corrected chi connectivity index (χ3v) is 6.98. The van der Waals surface area contributed by atoms with Gasteiger partial charge in [-0.05, 0) is 38.7 Å². The SMILES string of the molecule is Cc1cnccc1OC1CCN(CC2CCCS2(=O)=O)CC1. The monoisotopic (exact) mass is 324 g/mol. The summed E-state index contributed by atoms with van der Waals surface area (Å²) in [6, 6.07) is 1.91. The van der Waals surface area contributed by atoms with Crippen LogP contribution in [0.2, 0.25) is 0 Å². The lowest BCUT2D eigenvalue weighted by molar-refractivity contribution is 0.0997. The number of hydrogen-bond acceptors (Lipinski definition) is 5. The largest absolute Gasteiger partial charge is 0.490 e. The van der Waals surface area contributed by atoms with E-state index >= 15 is 0 Å². The number of aromatic nitrogens is 1. The van der Waals surface area contributed by atoms with Gasteiger partial charge in [0.2, 0.25) is 0 Å². The molecule has 0 amide bonds. The van der Waals surface area contributed by atoms with Crippen molar-refractivity contribution in [1.29, 1.82) is 0 Å². The van der Waals surface area contributed by atoms with Crippen molar-refractivity contribution in [3.05, 3.63) is 24.0 Å². The molecule has 0 bridgehead atoms. The fraction of sp³-hybridized carbons (Fsp3) is 0.688. The molecule has 0 aromatic carbocycles. The average molecular weight is 324 g/mol. The Balaban J connectivity index is 1.49. The van der Waals surface area contributed by atoms with Gasteiger partial charge in [-0.15, -0.1) is 0 Å². The first-order chi connectivity index (χ1) is 10.5. The van der Waals surface area contributed by atoms with Gasteiger partial charge in [0.15, 0.2) is 9.84 Å². The number of hydrogen-bond donors (Lipinski definition) is 0. The van der Waals surface area contributed by atoms with E-state index in [9.17, 15) is 8.42 Å². The summed E-state index contributed by atoms with van der Waals surface area (Å²) in [5, 5.41) is -0.146. The molecule has 122 valence electrons. The summed E-state index contributed by atoms with van der Waals surface area (Å²) in [4.78, 5) is 6.36. The molecule has 5 nitrogen and oxygen atoms in total. The summed E-state index contributed by atoms with van der Waals surface area (Å²) < 4.78 is 29.9. The van der Waals surface area contributed by atoms with Gasteiger partial charge in [0.05, 0.1) is 11.0 Å². The van der Waals surface area contributed by atoms with Crippen LogP contribution in [0.5, 0.6) is 5.75 Å². The first kappa shape index (κ1) is 15.7. The topological polar surface area (TPSA) is 59.5 Å². The molecular formula is C16H24N2O3S. The third kappa shape index (κ3) is 3.60. The maximum atomic E-state index is 11.9. The predicted octanol–water partition coefficient (Wildman–Crippen LogP) is 1.81. The molecule has 3 rings (SSSR count). The van der Waals surface area contributed by atoms with Gasteiger partial charge in [-0.3, -0.25) is 4.98 Å². The summed E-state index contributed by atoms with van der Waals surface area (Å²) in [6.07, 6.45) is 7.35. The Labute approximate surface area is 132 Å². The van der Waals surface area contributed by atoms with Gasteiger partial charge >= 0.3 is 0 Å². The predicted molar refractivity (Wildman–Crippen MR) is 85.9 cm³/mol. The van der Waals surface area contributed by atoms with Gasteiger partial charge in [-0.1, -0.05) is 0 Å². The molecule has 2 aliphatic heterocycles. The maximum Gasteiger partial charge on any atom is 0.154 e. The number of likely N-dealkylation sites (tertiary alicyclic amines) is 1. The van der Waals surface area contributed by atoms with Crippen LogP contribution in [-0.4, -0.2) is 55.0 Å². The average Bonchev–Trinajstić information content (AvgIpc) is 2.82. The van der Waals surface area contributed by atoms with Gasteiger partial charge in [0.1, 0.15) is 11.9 Å². The van der Waals surface area contributed by atoms with Crippen LogP contribution in [-0.2, 0) is 9.84 Å². The van der Waals surface area contributed by atoms with Crippen LogP contribution in [0.1, 0.15) is 31.2 Å². The van der Waals surface area contributed by atoms with E-state index in [-0.39, 0.29) is 11.4 Å². The smallest absolute Gasteiger partial charge is 0.154 e. The molecule has 1 atom stereocenters. The molecule has 0 radical (unpaired) electrons. The van der Waals surface area contributed by atoms with Crippen LogP contribution < -0.4 is 4.74 Å². The molecule has 2 fully saturated rings. The van der Waals surface area contributed by atoms with Gasteiger partial charge in [-0.25, -0.2) is 8.42 Å². The van der Waals surface area contributed by atoms with Crippen molar-refractivity contribution in [2.75, 3.05) is 25.4 Å². The Hall–Kier alpha value is -1.14. The first-order valence-corrected chi connectivity index (χ1v) is 9.77. The van der Waals surface area contributed by atoms with Crippen LogP contribution in [0, 0.1) is 6.92 Å². The van der Waals surface area contributed by atoms with E-state index in [1.807, 2.05) is 19.2 Å². The van der Waals surface area contributed by atoms with E-state index in [1.165, 1.54) is 0 Å². The van der Waals surface area contributed by atoms with Crippen molar-refractivity contribution in [3.8, 4) is 5.75 Å².